The second-order valence-corrected chi connectivity index (χ2v) is 14.6. The molecule has 0 aliphatic carbocycles. The van der Waals surface area contributed by atoms with E-state index in [0.717, 1.165) is 12.8 Å². The highest BCUT2D eigenvalue weighted by Gasteiger charge is 2.22. The van der Waals surface area contributed by atoms with Gasteiger partial charge in [-0.1, -0.05) is 89.7 Å². The van der Waals surface area contributed by atoms with Gasteiger partial charge in [-0.15, -0.1) is 0 Å². The first-order valence-electron chi connectivity index (χ1n) is 16.2. The number of likely N-dealkylation sites (N-methyl/N-ethyl adjacent to an activating group) is 1. The van der Waals surface area contributed by atoms with Crippen molar-refractivity contribution in [3.05, 3.63) is 12.2 Å². The van der Waals surface area contributed by atoms with Gasteiger partial charge in [-0.25, -0.2) is 0 Å². The van der Waals surface area contributed by atoms with E-state index in [9.17, 15) is 9.46 Å². The van der Waals surface area contributed by atoms with Crippen molar-refractivity contribution in [3.8, 4) is 0 Å². The van der Waals surface area contributed by atoms with Crippen molar-refractivity contribution in [2.75, 3.05) is 54.1 Å². The zero-order chi connectivity index (χ0) is 30.2. The van der Waals surface area contributed by atoms with Crippen LogP contribution in [-0.4, -0.2) is 70.3 Å². The Morgan fingerprint density at radius 3 is 1.73 bits per heavy atom. The first kappa shape index (κ1) is 39.7. The van der Waals surface area contributed by atoms with E-state index in [1.165, 1.54) is 89.9 Å². The maximum Gasteiger partial charge on any atom is 0.268 e. The van der Waals surface area contributed by atoms with Gasteiger partial charge in [-0.2, -0.15) is 0 Å². The highest BCUT2D eigenvalue weighted by molar-refractivity contribution is 7.45. The number of quaternary nitrogens is 1. The van der Waals surface area contributed by atoms with Gasteiger partial charge in [-0.05, 0) is 52.9 Å². The van der Waals surface area contributed by atoms with Crippen LogP contribution in [0.25, 0.3) is 0 Å². The lowest BCUT2D eigenvalue weighted by Crippen LogP contribution is -2.38. The Kier molecular flexibility index (Phi) is 24.0. The summed E-state index contributed by atoms with van der Waals surface area (Å²) in [5.41, 5.74) is -0.431. The van der Waals surface area contributed by atoms with Crippen molar-refractivity contribution in [1.82, 2.24) is 0 Å². The van der Waals surface area contributed by atoms with Gasteiger partial charge in [0, 0.05) is 6.61 Å². The fourth-order valence-electron chi connectivity index (χ4n) is 4.27. The minimum Gasteiger partial charge on any atom is -0.756 e. The van der Waals surface area contributed by atoms with Gasteiger partial charge in [-0.3, -0.25) is 4.57 Å². The highest BCUT2D eigenvalue weighted by atomic mass is 31.2. The van der Waals surface area contributed by atoms with Crippen LogP contribution in [0.2, 0.25) is 0 Å². The van der Waals surface area contributed by atoms with Gasteiger partial charge in [0.15, 0.2) is 0 Å². The molecule has 7 nitrogen and oxygen atoms in total. The van der Waals surface area contributed by atoms with Crippen molar-refractivity contribution in [2.24, 2.45) is 0 Å². The molecule has 0 rings (SSSR count). The van der Waals surface area contributed by atoms with Crippen LogP contribution in [0, 0.1) is 0 Å². The minimum atomic E-state index is -4.38. The Hall–Kier alpha value is -0.270. The van der Waals surface area contributed by atoms with Crippen LogP contribution < -0.4 is 4.89 Å². The summed E-state index contributed by atoms with van der Waals surface area (Å²) >= 11 is 0. The van der Waals surface area contributed by atoms with E-state index in [0.29, 0.717) is 24.2 Å². The molecule has 0 aromatic rings. The number of nitrogens with zero attached hydrogens (tertiary/aromatic N) is 1. The zero-order valence-electron chi connectivity index (χ0n) is 27.4. The SMILES string of the molecule is CCCCCCC/C=C\CCCCCCCCCCCOC[C@H](COP(=O)([O-])OCC[N+](C)(C)C)OC(C)(C)C. The topological polar surface area (TPSA) is 77.1 Å². The predicted octanol–water partition coefficient (Wildman–Crippen LogP) is 8.21. The molecule has 0 fully saturated rings. The van der Waals surface area contributed by atoms with E-state index >= 15 is 0 Å². The molecule has 0 saturated carbocycles. The summed E-state index contributed by atoms with van der Waals surface area (Å²) in [5.74, 6) is 0. The average molecular weight is 592 g/mol. The van der Waals surface area contributed by atoms with E-state index in [1.807, 2.05) is 41.9 Å². The van der Waals surface area contributed by atoms with Crippen LogP contribution in [0.3, 0.4) is 0 Å². The highest BCUT2D eigenvalue weighted by Crippen LogP contribution is 2.38. The van der Waals surface area contributed by atoms with Crippen LogP contribution in [-0.2, 0) is 23.1 Å². The van der Waals surface area contributed by atoms with Crippen molar-refractivity contribution in [1.29, 1.82) is 0 Å². The summed E-state index contributed by atoms with van der Waals surface area (Å²) < 4.78 is 34.6. The third kappa shape index (κ3) is 30.7. The van der Waals surface area contributed by atoms with Crippen molar-refractivity contribution >= 4 is 7.82 Å². The van der Waals surface area contributed by atoms with Crippen LogP contribution in [0.5, 0.6) is 0 Å². The van der Waals surface area contributed by atoms with Crippen LogP contribution >= 0.6 is 7.82 Å². The van der Waals surface area contributed by atoms with Gasteiger partial charge < -0.3 is 27.9 Å². The largest absolute Gasteiger partial charge is 0.756 e. The molecule has 0 spiro atoms. The van der Waals surface area contributed by atoms with Gasteiger partial charge in [0.05, 0.1) is 40.0 Å². The first-order chi connectivity index (χ1) is 18.8. The number of phosphoric acid groups is 1. The quantitative estimate of drug-likeness (QED) is 0.0395. The molecule has 0 heterocycles. The van der Waals surface area contributed by atoms with Crippen molar-refractivity contribution in [2.45, 2.75) is 142 Å². The van der Waals surface area contributed by atoms with Gasteiger partial charge in [0.1, 0.15) is 19.3 Å². The molecule has 40 heavy (non-hydrogen) atoms. The second-order valence-electron chi connectivity index (χ2n) is 13.2. The fraction of sp³-hybridized carbons (Fsp3) is 0.938. The standard InChI is InChI=1S/C32H66NO6P/c1-8-9-10-11-12-13-14-15-16-17-18-19-20-21-22-23-24-25-27-36-29-31(39-32(2,3)4)30-38-40(34,35)37-28-26-33(5,6)7/h14-15,31H,8-13,16-30H2,1-7H3/b15-14-/t31-/m1/s1. The molecular formula is C32H66NO6P. The van der Waals surface area contributed by atoms with Gasteiger partial charge in [0.2, 0.25) is 0 Å². The zero-order valence-corrected chi connectivity index (χ0v) is 28.3. The lowest BCUT2D eigenvalue weighted by atomic mass is 10.1. The fourth-order valence-corrected chi connectivity index (χ4v) is 5.00. The van der Waals surface area contributed by atoms with E-state index in [1.54, 1.807) is 0 Å². The number of allylic oxidation sites excluding steroid dienone is 2. The molecule has 0 amide bonds. The maximum absolute atomic E-state index is 12.1. The van der Waals surface area contributed by atoms with Crippen LogP contribution in [0.4, 0.5) is 0 Å². The molecule has 2 atom stereocenters. The lowest BCUT2D eigenvalue weighted by Gasteiger charge is -2.31. The predicted molar refractivity (Wildman–Crippen MR) is 167 cm³/mol. The molecule has 0 N–H and O–H groups in total. The minimum absolute atomic E-state index is 0.0858. The molecule has 0 saturated heterocycles. The Morgan fingerprint density at radius 2 is 1.23 bits per heavy atom. The number of rotatable bonds is 28. The average Bonchev–Trinajstić information content (AvgIpc) is 2.84. The molecule has 0 aromatic carbocycles. The van der Waals surface area contributed by atoms with Gasteiger partial charge in [0.25, 0.3) is 7.82 Å². The van der Waals surface area contributed by atoms with E-state index in [-0.39, 0.29) is 13.2 Å². The number of hydrogen-bond acceptors (Lipinski definition) is 6. The second kappa shape index (κ2) is 24.2. The monoisotopic (exact) mass is 591 g/mol. The summed E-state index contributed by atoms with van der Waals surface area (Å²) in [5, 5.41) is 0. The summed E-state index contributed by atoms with van der Waals surface area (Å²) in [4.78, 5) is 12.1. The molecule has 240 valence electrons. The molecule has 0 aromatic heterocycles. The first-order valence-corrected chi connectivity index (χ1v) is 17.6. The Balaban J connectivity index is 3.80. The number of unbranched alkanes of at least 4 members (excludes halogenated alkanes) is 14. The Bertz CT molecular complexity index is 644. The Labute approximate surface area is 248 Å². The summed E-state index contributed by atoms with van der Waals surface area (Å²) in [7, 11) is 1.55. The maximum atomic E-state index is 12.1. The molecule has 0 aliphatic rings. The molecule has 8 heteroatoms. The summed E-state index contributed by atoms with van der Waals surface area (Å²) in [6, 6.07) is 0. The number of phosphoric ester groups is 1. The van der Waals surface area contributed by atoms with E-state index in [4.69, 9.17) is 18.5 Å². The third-order valence-electron chi connectivity index (χ3n) is 6.55. The van der Waals surface area contributed by atoms with E-state index < -0.39 is 19.5 Å². The summed E-state index contributed by atoms with van der Waals surface area (Å²) in [6.45, 7) is 9.55. The summed E-state index contributed by atoms with van der Waals surface area (Å²) in [6.07, 6.45) is 25.0. The van der Waals surface area contributed by atoms with E-state index in [2.05, 4.69) is 19.1 Å². The van der Waals surface area contributed by atoms with Crippen LogP contribution in [0.1, 0.15) is 130 Å². The lowest BCUT2D eigenvalue weighted by molar-refractivity contribution is -0.870. The van der Waals surface area contributed by atoms with Crippen molar-refractivity contribution in [3.63, 3.8) is 0 Å². The van der Waals surface area contributed by atoms with Crippen LogP contribution in [0.15, 0.2) is 12.2 Å². The van der Waals surface area contributed by atoms with Gasteiger partial charge >= 0.3 is 0 Å². The smallest absolute Gasteiger partial charge is 0.268 e. The molecule has 0 radical (unpaired) electrons. The molecule has 0 aliphatic heterocycles. The third-order valence-corrected chi connectivity index (χ3v) is 7.52. The molecular weight excluding hydrogens is 525 g/mol. The number of ether oxygens (including phenoxy) is 2. The molecule has 0 bridgehead atoms. The molecule has 1 unspecified atom stereocenters. The normalized spacial score (nSPS) is 15.1. The Morgan fingerprint density at radius 1 is 0.725 bits per heavy atom. The number of hydrogen-bond donors (Lipinski definition) is 0. The van der Waals surface area contributed by atoms with Crippen molar-refractivity contribution < 1.29 is 32.5 Å².